The van der Waals surface area contributed by atoms with Crippen molar-refractivity contribution in [2.75, 3.05) is 13.1 Å². The van der Waals surface area contributed by atoms with E-state index in [0.717, 1.165) is 37.4 Å². The van der Waals surface area contributed by atoms with E-state index in [1.807, 2.05) is 11.1 Å². The molecule has 1 saturated carbocycles. The highest BCUT2D eigenvalue weighted by molar-refractivity contribution is 5.93. The molecule has 0 atom stereocenters. The summed E-state index contributed by atoms with van der Waals surface area (Å²) in [5.74, 6) is 1.82. The van der Waals surface area contributed by atoms with Crippen LogP contribution in [0.2, 0.25) is 0 Å². The zero-order valence-electron chi connectivity index (χ0n) is 12.9. The Hall–Kier alpha value is -2.37. The third-order valence-corrected chi connectivity index (χ3v) is 4.64. The maximum atomic E-state index is 12.6. The van der Waals surface area contributed by atoms with Crippen LogP contribution in [0.3, 0.4) is 0 Å². The van der Waals surface area contributed by atoms with E-state index in [1.165, 1.54) is 12.8 Å². The Labute approximate surface area is 135 Å². The monoisotopic (exact) mass is 309 g/mol. The highest BCUT2D eigenvalue weighted by atomic mass is 16.2. The highest BCUT2D eigenvalue weighted by Gasteiger charge is 2.28. The Balaban J connectivity index is 1.38. The summed E-state index contributed by atoms with van der Waals surface area (Å²) in [5.41, 5.74) is 1.61. The Morgan fingerprint density at radius 2 is 1.65 bits per heavy atom. The van der Waals surface area contributed by atoms with Gasteiger partial charge in [-0.2, -0.15) is 0 Å². The Morgan fingerprint density at radius 3 is 2.26 bits per heavy atom. The van der Waals surface area contributed by atoms with Gasteiger partial charge in [0.15, 0.2) is 0 Å². The van der Waals surface area contributed by atoms with E-state index in [9.17, 15) is 4.79 Å². The van der Waals surface area contributed by atoms with E-state index in [2.05, 4.69) is 19.9 Å². The number of carbonyl (C=O) groups excluding carboxylic acids is 1. The minimum absolute atomic E-state index is 0.0324. The molecular formula is C17H19N5O. The minimum atomic E-state index is 0.0324. The molecule has 0 bridgehead atoms. The first-order valence-electron chi connectivity index (χ1n) is 8.18. The average molecular weight is 309 g/mol. The number of likely N-dealkylation sites (tertiary alicyclic amines) is 1. The van der Waals surface area contributed by atoms with E-state index in [-0.39, 0.29) is 5.91 Å². The molecule has 1 saturated heterocycles. The molecule has 1 amide bonds. The zero-order chi connectivity index (χ0) is 15.6. The first-order chi connectivity index (χ1) is 11.3. The number of hydrogen-bond acceptors (Lipinski definition) is 5. The lowest BCUT2D eigenvalue weighted by atomic mass is 9.93. The van der Waals surface area contributed by atoms with Crippen molar-refractivity contribution >= 4 is 5.91 Å². The first kappa shape index (κ1) is 14.2. The second kappa shape index (κ2) is 6.02. The molecule has 118 valence electrons. The molecule has 6 heteroatoms. The molecule has 1 aliphatic heterocycles. The Morgan fingerprint density at radius 1 is 0.913 bits per heavy atom. The fourth-order valence-corrected chi connectivity index (χ4v) is 3.08. The number of amides is 1. The molecule has 0 radical (unpaired) electrons. The van der Waals surface area contributed by atoms with Gasteiger partial charge in [-0.1, -0.05) is 0 Å². The van der Waals surface area contributed by atoms with Crippen molar-refractivity contribution < 1.29 is 4.79 Å². The molecule has 0 unspecified atom stereocenters. The van der Waals surface area contributed by atoms with Crippen molar-refractivity contribution in [3.63, 3.8) is 0 Å². The third kappa shape index (κ3) is 3.06. The second-order valence-corrected chi connectivity index (χ2v) is 6.30. The number of rotatable bonds is 3. The maximum absolute atomic E-state index is 12.6. The van der Waals surface area contributed by atoms with Gasteiger partial charge < -0.3 is 4.90 Å². The van der Waals surface area contributed by atoms with Gasteiger partial charge in [0.25, 0.3) is 5.91 Å². The number of carbonyl (C=O) groups is 1. The van der Waals surface area contributed by atoms with Crippen LogP contribution in [0.5, 0.6) is 0 Å². The highest BCUT2D eigenvalue weighted by Crippen LogP contribution is 2.37. The quantitative estimate of drug-likeness (QED) is 0.869. The smallest absolute Gasteiger partial charge is 0.256 e. The molecule has 0 spiro atoms. The number of aromatic nitrogens is 4. The van der Waals surface area contributed by atoms with Crippen molar-refractivity contribution in [3.8, 4) is 0 Å². The van der Waals surface area contributed by atoms with Gasteiger partial charge in [-0.25, -0.2) is 9.97 Å². The summed E-state index contributed by atoms with van der Waals surface area (Å²) in [5, 5.41) is 0. The van der Waals surface area contributed by atoms with E-state index in [0.29, 0.717) is 17.4 Å². The normalized spacial score (nSPS) is 18.9. The summed E-state index contributed by atoms with van der Waals surface area (Å²) in [6, 6.07) is 0. The fourth-order valence-electron chi connectivity index (χ4n) is 3.08. The van der Waals surface area contributed by atoms with Gasteiger partial charge in [0.05, 0.1) is 11.3 Å². The van der Waals surface area contributed by atoms with Crippen molar-refractivity contribution in [2.45, 2.75) is 37.5 Å². The number of piperidine rings is 1. The van der Waals surface area contributed by atoms with Crippen molar-refractivity contribution in [1.29, 1.82) is 0 Å². The molecule has 1 aliphatic carbocycles. The van der Waals surface area contributed by atoms with Gasteiger partial charge in [-0.3, -0.25) is 14.8 Å². The van der Waals surface area contributed by atoms with Crippen molar-refractivity contribution in [1.82, 2.24) is 24.8 Å². The SMILES string of the molecule is O=C(c1cnc(C2CC2)nc1)N1CCC(c2cnccn2)CC1. The van der Waals surface area contributed by atoms with E-state index in [1.54, 1.807) is 24.8 Å². The number of hydrogen-bond donors (Lipinski definition) is 0. The maximum Gasteiger partial charge on any atom is 0.256 e. The summed E-state index contributed by atoms with van der Waals surface area (Å²) >= 11 is 0. The van der Waals surface area contributed by atoms with Crippen LogP contribution in [0.15, 0.2) is 31.0 Å². The first-order valence-corrected chi connectivity index (χ1v) is 8.18. The van der Waals surface area contributed by atoms with Crippen LogP contribution in [-0.4, -0.2) is 43.8 Å². The van der Waals surface area contributed by atoms with E-state index in [4.69, 9.17) is 0 Å². The molecular weight excluding hydrogens is 290 g/mol. The third-order valence-electron chi connectivity index (χ3n) is 4.64. The van der Waals surface area contributed by atoms with Gasteiger partial charge >= 0.3 is 0 Å². The lowest BCUT2D eigenvalue weighted by molar-refractivity contribution is 0.0711. The summed E-state index contributed by atoms with van der Waals surface area (Å²) in [7, 11) is 0. The summed E-state index contributed by atoms with van der Waals surface area (Å²) in [6.07, 6.45) is 12.8. The molecule has 2 aromatic rings. The molecule has 6 nitrogen and oxygen atoms in total. The van der Waals surface area contributed by atoms with Crippen LogP contribution in [0.4, 0.5) is 0 Å². The van der Waals surface area contributed by atoms with Gasteiger partial charge in [0, 0.05) is 55.9 Å². The fraction of sp³-hybridized carbons (Fsp3) is 0.471. The van der Waals surface area contributed by atoms with E-state index < -0.39 is 0 Å². The van der Waals surface area contributed by atoms with Gasteiger partial charge in [0.1, 0.15) is 5.82 Å². The molecule has 23 heavy (non-hydrogen) atoms. The van der Waals surface area contributed by atoms with Gasteiger partial charge in [-0.15, -0.1) is 0 Å². The molecule has 2 aliphatic rings. The standard InChI is InChI=1S/C17H19N5O/c23-17(14-9-20-16(21-10-14)13-1-2-13)22-7-3-12(4-8-22)15-11-18-5-6-19-15/h5-6,9-13H,1-4,7-8H2. The summed E-state index contributed by atoms with van der Waals surface area (Å²) in [6.45, 7) is 1.48. The topological polar surface area (TPSA) is 71.9 Å². The van der Waals surface area contributed by atoms with Crippen molar-refractivity contribution in [3.05, 3.63) is 48.1 Å². The van der Waals surface area contributed by atoms with Crippen LogP contribution in [0.25, 0.3) is 0 Å². The predicted molar refractivity (Wildman–Crippen MR) is 83.9 cm³/mol. The summed E-state index contributed by atoms with van der Waals surface area (Å²) < 4.78 is 0. The van der Waals surface area contributed by atoms with Crippen LogP contribution in [-0.2, 0) is 0 Å². The van der Waals surface area contributed by atoms with Gasteiger partial charge in [-0.05, 0) is 25.7 Å². The molecule has 0 N–H and O–H groups in total. The van der Waals surface area contributed by atoms with Crippen molar-refractivity contribution in [2.24, 2.45) is 0 Å². The Kier molecular flexibility index (Phi) is 3.73. The summed E-state index contributed by atoms with van der Waals surface area (Å²) in [4.78, 5) is 31.6. The van der Waals surface area contributed by atoms with Crippen LogP contribution in [0.1, 0.15) is 59.4 Å². The zero-order valence-corrected chi connectivity index (χ0v) is 12.9. The molecule has 2 aromatic heterocycles. The molecule has 4 rings (SSSR count). The largest absolute Gasteiger partial charge is 0.339 e. The predicted octanol–water partition coefficient (Wildman–Crippen LogP) is 2.16. The minimum Gasteiger partial charge on any atom is -0.339 e. The van der Waals surface area contributed by atoms with Crippen LogP contribution in [0, 0.1) is 0 Å². The lowest BCUT2D eigenvalue weighted by Gasteiger charge is -2.31. The number of nitrogens with zero attached hydrogens (tertiary/aromatic N) is 5. The van der Waals surface area contributed by atoms with Gasteiger partial charge in [0.2, 0.25) is 0 Å². The second-order valence-electron chi connectivity index (χ2n) is 6.30. The van der Waals surface area contributed by atoms with Crippen LogP contribution < -0.4 is 0 Å². The molecule has 3 heterocycles. The average Bonchev–Trinajstić information content (AvgIpc) is 3.47. The molecule has 0 aromatic carbocycles. The Bertz CT molecular complexity index is 676. The van der Waals surface area contributed by atoms with Crippen LogP contribution >= 0.6 is 0 Å². The molecule has 2 fully saturated rings. The lowest BCUT2D eigenvalue weighted by Crippen LogP contribution is -2.38. The van der Waals surface area contributed by atoms with E-state index >= 15 is 0 Å².